The minimum absolute atomic E-state index is 0. The van der Waals surface area contributed by atoms with Crippen LogP contribution in [0, 0.1) is 0 Å². The van der Waals surface area contributed by atoms with E-state index in [0.29, 0.717) is 30.7 Å². The van der Waals surface area contributed by atoms with Crippen LogP contribution in [0.15, 0.2) is 47.1 Å². The first-order chi connectivity index (χ1) is 17.6. The maximum absolute atomic E-state index is 12.3. The maximum atomic E-state index is 12.3. The molecule has 1 N–H and O–H groups in total. The van der Waals surface area contributed by atoms with Gasteiger partial charge in [-0.25, -0.2) is 4.98 Å². The van der Waals surface area contributed by atoms with E-state index in [1.165, 1.54) is 24.8 Å². The molecule has 36 heavy (non-hydrogen) atoms. The highest BCUT2D eigenvalue weighted by atomic mass is 16.5. The Labute approximate surface area is 217 Å². The fourth-order valence-electron chi connectivity index (χ4n) is 4.20. The van der Waals surface area contributed by atoms with Crippen LogP contribution >= 0.6 is 0 Å². The SMILES string of the molecule is CC.CCCCCN(C)Cc1cccc(CN2CC(=O)Nc3cnc(OCC4=CCCN=C4)nc32)c1.[HH]. The Morgan fingerprint density at radius 2 is 2.06 bits per heavy atom. The first-order valence-corrected chi connectivity index (χ1v) is 13.1. The summed E-state index contributed by atoms with van der Waals surface area (Å²) in [5.74, 6) is 0.609. The molecular weight excluding hydrogens is 452 g/mol. The third-order valence-electron chi connectivity index (χ3n) is 5.91. The quantitative estimate of drug-likeness (QED) is 0.437. The van der Waals surface area contributed by atoms with E-state index in [1.807, 2.05) is 25.0 Å². The van der Waals surface area contributed by atoms with Crippen LogP contribution < -0.4 is 15.0 Å². The van der Waals surface area contributed by atoms with Crippen molar-refractivity contribution in [3.8, 4) is 6.01 Å². The maximum Gasteiger partial charge on any atom is 0.318 e. The summed E-state index contributed by atoms with van der Waals surface area (Å²) in [6.45, 7) is 10.3. The highest BCUT2D eigenvalue weighted by Crippen LogP contribution is 2.29. The molecule has 8 nitrogen and oxygen atoms in total. The lowest BCUT2D eigenvalue weighted by Crippen LogP contribution is -2.38. The van der Waals surface area contributed by atoms with Crippen LogP contribution in [0.25, 0.3) is 0 Å². The second-order valence-electron chi connectivity index (χ2n) is 8.95. The Balaban J connectivity index is 0.00000157. The van der Waals surface area contributed by atoms with Crippen molar-refractivity contribution in [2.75, 3.05) is 43.5 Å². The lowest BCUT2D eigenvalue weighted by molar-refractivity contribution is -0.115. The third-order valence-corrected chi connectivity index (χ3v) is 5.91. The second kappa shape index (κ2) is 14.3. The molecule has 0 aliphatic carbocycles. The summed E-state index contributed by atoms with van der Waals surface area (Å²) in [7, 11) is 2.17. The standard InChI is InChI=1S/C26H34N6O2.C2H6.H2/c1-3-4-5-12-31(2)16-20-8-6-9-21(13-20)17-32-18-24(33)29-23-15-28-26(30-25(23)32)34-19-22-10-7-11-27-14-22;1-2;/h6,8-10,13-15H,3-5,7,11-12,16-19H2,1-2H3,(H,29,33);1-2H3;1H. The summed E-state index contributed by atoms with van der Waals surface area (Å²) >= 11 is 0. The number of nitrogens with one attached hydrogen (secondary N) is 1. The third kappa shape index (κ3) is 8.16. The van der Waals surface area contributed by atoms with Crippen LogP contribution in [0.1, 0.15) is 59.0 Å². The molecular formula is C28H42N6O2. The Morgan fingerprint density at radius 1 is 1.22 bits per heavy atom. The van der Waals surface area contributed by atoms with Crippen molar-refractivity contribution in [2.45, 2.75) is 59.5 Å². The molecule has 4 rings (SSSR count). The van der Waals surface area contributed by atoms with Gasteiger partial charge in [0.2, 0.25) is 5.91 Å². The highest BCUT2D eigenvalue weighted by Gasteiger charge is 2.25. The summed E-state index contributed by atoms with van der Waals surface area (Å²) in [6.07, 6.45) is 10.2. The number of amides is 1. The molecule has 3 heterocycles. The number of aromatic nitrogens is 2. The number of hydrogen-bond acceptors (Lipinski definition) is 7. The van der Waals surface area contributed by atoms with Gasteiger partial charge in [-0.15, -0.1) is 0 Å². The van der Waals surface area contributed by atoms with E-state index in [4.69, 9.17) is 4.74 Å². The fraction of sp³-hybridized carbons (Fsp3) is 0.500. The molecule has 1 aromatic heterocycles. The molecule has 1 aromatic carbocycles. The van der Waals surface area contributed by atoms with Crippen molar-refractivity contribution in [1.82, 2.24) is 14.9 Å². The molecule has 0 saturated carbocycles. The van der Waals surface area contributed by atoms with Gasteiger partial charge in [-0.05, 0) is 37.6 Å². The van der Waals surface area contributed by atoms with Crippen molar-refractivity contribution in [3.63, 3.8) is 0 Å². The Morgan fingerprint density at radius 3 is 2.83 bits per heavy atom. The molecule has 0 atom stereocenters. The predicted molar refractivity (Wildman–Crippen MR) is 149 cm³/mol. The number of benzene rings is 1. The van der Waals surface area contributed by atoms with Crippen LogP contribution in [-0.2, 0) is 17.9 Å². The van der Waals surface area contributed by atoms with Crippen molar-refractivity contribution in [1.29, 1.82) is 0 Å². The topological polar surface area (TPSA) is 83.0 Å². The number of ether oxygens (including phenoxy) is 1. The number of nitrogens with zero attached hydrogens (tertiary/aromatic N) is 5. The van der Waals surface area contributed by atoms with Gasteiger partial charge in [0.05, 0.1) is 12.7 Å². The monoisotopic (exact) mass is 494 g/mol. The predicted octanol–water partition coefficient (Wildman–Crippen LogP) is 5.11. The Kier molecular flexibility index (Phi) is 10.9. The molecule has 1 amide bonds. The first kappa shape index (κ1) is 27.3. The highest BCUT2D eigenvalue weighted by molar-refractivity contribution is 6.00. The van der Waals surface area contributed by atoms with Crippen molar-refractivity contribution in [2.24, 2.45) is 4.99 Å². The Hall–Kier alpha value is -3.26. The van der Waals surface area contributed by atoms with E-state index < -0.39 is 0 Å². The van der Waals surface area contributed by atoms with E-state index in [1.54, 1.807) is 6.20 Å². The number of hydrogen-bond donors (Lipinski definition) is 1. The first-order valence-electron chi connectivity index (χ1n) is 13.1. The second-order valence-corrected chi connectivity index (χ2v) is 8.95. The molecule has 196 valence electrons. The molecule has 2 aliphatic heterocycles. The van der Waals surface area contributed by atoms with Crippen LogP contribution in [0.4, 0.5) is 11.5 Å². The van der Waals surface area contributed by atoms with E-state index >= 15 is 0 Å². The number of aliphatic imine (C=N–C) groups is 1. The number of carbonyl (C=O) groups is 1. The Bertz CT molecular complexity index is 1060. The minimum atomic E-state index is -0.0693. The normalized spacial score (nSPS) is 14.5. The summed E-state index contributed by atoms with van der Waals surface area (Å²) in [6, 6.07) is 8.86. The molecule has 2 aliphatic rings. The fourth-order valence-corrected chi connectivity index (χ4v) is 4.20. The largest absolute Gasteiger partial charge is 0.458 e. The molecule has 8 heteroatoms. The van der Waals surface area contributed by atoms with Gasteiger partial charge in [0.15, 0.2) is 5.82 Å². The number of dihydropyridines is 1. The van der Waals surface area contributed by atoms with Crippen LogP contribution in [-0.4, -0.2) is 60.3 Å². The summed E-state index contributed by atoms with van der Waals surface area (Å²) in [4.78, 5) is 29.8. The smallest absolute Gasteiger partial charge is 0.318 e. The van der Waals surface area contributed by atoms with Crippen molar-refractivity contribution < 1.29 is 11.0 Å². The lowest BCUT2D eigenvalue weighted by Gasteiger charge is -2.29. The zero-order valence-electron chi connectivity index (χ0n) is 22.2. The van der Waals surface area contributed by atoms with Crippen LogP contribution in [0.2, 0.25) is 0 Å². The van der Waals surface area contributed by atoms with Gasteiger partial charge in [-0.2, -0.15) is 4.98 Å². The summed E-state index contributed by atoms with van der Waals surface area (Å²) < 4.78 is 5.81. The van der Waals surface area contributed by atoms with Gasteiger partial charge in [-0.3, -0.25) is 9.79 Å². The molecule has 0 bridgehead atoms. The van der Waals surface area contributed by atoms with E-state index in [9.17, 15) is 4.79 Å². The van der Waals surface area contributed by atoms with Gasteiger partial charge < -0.3 is 19.9 Å². The summed E-state index contributed by atoms with van der Waals surface area (Å²) in [5.41, 5.74) is 4.04. The number of rotatable bonds is 11. The van der Waals surface area contributed by atoms with Gasteiger partial charge in [0.25, 0.3) is 0 Å². The van der Waals surface area contributed by atoms with Gasteiger partial charge in [-0.1, -0.05) is 64.0 Å². The van der Waals surface area contributed by atoms with E-state index in [0.717, 1.165) is 37.2 Å². The lowest BCUT2D eigenvalue weighted by atomic mass is 10.1. The molecule has 0 spiro atoms. The zero-order chi connectivity index (χ0) is 25.8. The number of unbranched alkanes of at least 4 members (excludes halogenated alkanes) is 2. The average molecular weight is 495 g/mol. The molecule has 0 fully saturated rings. The average Bonchev–Trinajstić information content (AvgIpc) is 2.90. The number of fused-ring (bicyclic) bond motifs is 1. The molecule has 0 unspecified atom stereocenters. The zero-order valence-corrected chi connectivity index (χ0v) is 22.2. The van der Waals surface area contributed by atoms with Crippen molar-refractivity contribution >= 4 is 23.6 Å². The van der Waals surface area contributed by atoms with E-state index in [2.05, 4.69) is 69.5 Å². The van der Waals surface area contributed by atoms with Crippen molar-refractivity contribution in [3.05, 3.63) is 53.2 Å². The van der Waals surface area contributed by atoms with Crippen LogP contribution in [0.5, 0.6) is 6.01 Å². The molecule has 2 aromatic rings. The van der Waals surface area contributed by atoms with E-state index in [-0.39, 0.29) is 13.9 Å². The number of carbonyl (C=O) groups excluding carboxylic acids is 1. The minimum Gasteiger partial charge on any atom is -0.458 e. The molecule has 0 radical (unpaired) electrons. The number of anilines is 2. The van der Waals surface area contributed by atoms with Gasteiger partial charge >= 0.3 is 6.01 Å². The van der Waals surface area contributed by atoms with Gasteiger partial charge in [0.1, 0.15) is 12.3 Å². The summed E-state index contributed by atoms with van der Waals surface area (Å²) in [5, 5.41) is 2.87. The van der Waals surface area contributed by atoms with Gasteiger partial charge in [0, 0.05) is 32.8 Å². The van der Waals surface area contributed by atoms with Crippen LogP contribution in [0.3, 0.4) is 0 Å². The molecule has 0 saturated heterocycles.